The molecule has 0 unspecified atom stereocenters. The third kappa shape index (κ3) is 1.98. The molecule has 2 N–H and O–H groups in total. The lowest BCUT2D eigenvalue weighted by molar-refractivity contribution is 0.628. The van der Waals surface area contributed by atoms with Crippen LogP contribution in [0.1, 0.15) is 0 Å². The van der Waals surface area contributed by atoms with Crippen LogP contribution in [0.25, 0.3) is 16.1 Å². The van der Waals surface area contributed by atoms with Crippen LogP contribution in [-0.4, -0.2) is 4.98 Å². The van der Waals surface area contributed by atoms with E-state index in [1.54, 1.807) is 18.2 Å². The van der Waals surface area contributed by atoms with Crippen molar-refractivity contribution in [2.75, 3.05) is 5.73 Å². The van der Waals surface area contributed by atoms with Gasteiger partial charge in [-0.1, -0.05) is 0 Å². The average molecular weight is 213 g/mol. The molecular formula is C12H8FN3. The van der Waals surface area contributed by atoms with Gasteiger partial charge in [0.1, 0.15) is 11.6 Å². The molecule has 2 aromatic rings. The number of benzene rings is 1. The van der Waals surface area contributed by atoms with Crippen molar-refractivity contribution in [1.29, 1.82) is 0 Å². The van der Waals surface area contributed by atoms with E-state index in [4.69, 9.17) is 12.3 Å². The fraction of sp³-hybridized carbons (Fsp3) is 0. The first kappa shape index (κ1) is 10.1. The summed E-state index contributed by atoms with van der Waals surface area (Å²) in [6, 6.07) is 9.02. The number of hydrogen-bond donors (Lipinski definition) is 1. The molecule has 0 aliphatic rings. The van der Waals surface area contributed by atoms with Crippen molar-refractivity contribution in [3.63, 3.8) is 0 Å². The van der Waals surface area contributed by atoms with Crippen molar-refractivity contribution < 1.29 is 4.39 Å². The molecule has 0 bridgehead atoms. The van der Waals surface area contributed by atoms with Crippen LogP contribution in [0.5, 0.6) is 0 Å². The Labute approximate surface area is 92.2 Å². The van der Waals surface area contributed by atoms with E-state index >= 15 is 0 Å². The van der Waals surface area contributed by atoms with Gasteiger partial charge in [-0.05, 0) is 42.0 Å². The van der Waals surface area contributed by atoms with Gasteiger partial charge in [-0.25, -0.2) is 14.2 Å². The Hall–Kier alpha value is -2.41. The molecule has 0 aliphatic heterocycles. The average Bonchev–Trinajstić information content (AvgIpc) is 2.29. The van der Waals surface area contributed by atoms with Crippen LogP contribution in [0.2, 0.25) is 0 Å². The highest BCUT2D eigenvalue weighted by molar-refractivity contribution is 5.67. The minimum Gasteiger partial charge on any atom is -0.385 e. The lowest BCUT2D eigenvalue weighted by atomic mass is 10.1. The number of nitrogens with zero attached hydrogens (tertiary/aromatic N) is 2. The first-order valence-electron chi connectivity index (χ1n) is 4.60. The van der Waals surface area contributed by atoms with Crippen LogP contribution in [0, 0.1) is 12.4 Å². The van der Waals surface area contributed by atoms with Gasteiger partial charge in [0.05, 0.1) is 12.3 Å². The zero-order valence-electron chi connectivity index (χ0n) is 8.31. The molecule has 1 aromatic carbocycles. The highest BCUT2D eigenvalue weighted by atomic mass is 19.1. The van der Waals surface area contributed by atoms with Gasteiger partial charge in [-0.2, -0.15) is 0 Å². The normalized spacial score (nSPS) is 9.75. The van der Waals surface area contributed by atoms with Crippen molar-refractivity contribution in [3.05, 3.63) is 53.6 Å². The molecule has 3 nitrogen and oxygen atoms in total. The van der Waals surface area contributed by atoms with Crippen molar-refractivity contribution in [2.24, 2.45) is 0 Å². The van der Waals surface area contributed by atoms with Crippen LogP contribution in [0.15, 0.2) is 36.4 Å². The smallest absolute Gasteiger partial charge is 0.192 e. The molecule has 0 atom stereocenters. The fourth-order valence-corrected chi connectivity index (χ4v) is 1.37. The predicted octanol–water partition coefficient (Wildman–Crippen LogP) is 3.02. The standard InChI is InChI=1S/C12H8FN3/c1-15-10-6-11(16-12(14)7-10)8-2-4-9(13)5-3-8/h2-7H,(H2,14,16). The van der Waals surface area contributed by atoms with Gasteiger partial charge < -0.3 is 5.73 Å². The molecular weight excluding hydrogens is 205 g/mol. The molecule has 0 saturated carbocycles. The molecule has 0 radical (unpaired) electrons. The van der Waals surface area contributed by atoms with E-state index in [2.05, 4.69) is 9.83 Å². The molecule has 78 valence electrons. The summed E-state index contributed by atoms with van der Waals surface area (Å²) in [4.78, 5) is 7.38. The van der Waals surface area contributed by atoms with Gasteiger partial charge in [-0.3, -0.25) is 0 Å². The Morgan fingerprint density at radius 3 is 2.50 bits per heavy atom. The summed E-state index contributed by atoms with van der Waals surface area (Å²) in [6.07, 6.45) is 0. The second kappa shape index (κ2) is 3.99. The van der Waals surface area contributed by atoms with Gasteiger partial charge >= 0.3 is 0 Å². The Balaban J connectivity index is 2.52. The number of nitrogen functional groups attached to an aromatic ring is 1. The van der Waals surface area contributed by atoms with Gasteiger partial charge in [0.25, 0.3) is 0 Å². The van der Waals surface area contributed by atoms with Crippen molar-refractivity contribution >= 4 is 11.5 Å². The molecule has 1 heterocycles. The van der Waals surface area contributed by atoms with E-state index < -0.39 is 0 Å². The highest BCUT2D eigenvalue weighted by Crippen LogP contribution is 2.24. The highest BCUT2D eigenvalue weighted by Gasteiger charge is 2.03. The molecule has 0 fully saturated rings. The molecule has 0 aliphatic carbocycles. The van der Waals surface area contributed by atoms with Crippen LogP contribution in [0.3, 0.4) is 0 Å². The quantitative estimate of drug-likeness (QED) is 0.740. The third-order valence-corrected chi connectivity index (χ3v) is 2.10. The second-order valence-electron chi connectivity index (χ2n) is 3.25. The lowest BCUT2D eigenvalue weighted by Gasteiger charge is -2.03. The Bertz CT molecular complexity index is 555. The summed E-state index contributed by atoms with van der Waals surface area (Å²) in [5, 5.41) is 0. The molecule has 0 amide bonds. The van der Waals surface area contributed by atoms with Crippen LogP contribution >= 0.6 is 0 Å². The minimum atomic E-state index is -0.307. The van der Waals surface area contributed by atoms with Gasteiger partial charge in [0.2, 0.25) is 0 Å². The lowest BCUT2D eigenvalue weighted by Crippen LogP contribution is -1.91. The van der Waals surface area contributed by atoms with E-state index in [1.165, 1.54) is 18.2 Å². The molecule has 0 saturated heterocycles. The Morgan fingerprint density at radius 2 is 1.88 bits per heavy atom. The maximum atomic E-state index is 12.7. The molecule has 2 rings (SSSR count). The molecule has 4 heteroatoms. The van der Waals surface area contributed by atoms with Crippen LogP contribution in [0.4, 0.5) is 15.9 Å². The Morgan fingerprint density at radius 1 is 1.19 bits per heavy atom. The molecule has 1 aromatic heterocycles. The zero-order valence-corrected chi connectivity index (χ0v) is 8.31. The topological polar surface area (TPSA) is 43.3 Å². The first-order chi connectivity index (χ1) is 7.69. The molecule has 0 spiro atoms. The SMILES string of the molecule is [C-]#[N+]c1cc(N)nc(-c2ccc(F)cc2)c1. The first-order valence-corrected chi connectivity index (χ1v) is 4.60. The predicted molar refractivity (Wildman–Crippen MR) is 60.3 cm³/mol. The third-order valence-electron chi connectivity index (χ3n) is 2.10. The van der Waals surface area contributed by atoms with E-state index in [-0.39, 0.29) is 11.6 Å². The number of nitrogens with two attached hydrogens (primary N) is 1. The Kier molecular flexibility index (Phi) is 2.52. The monoisotopic (exact) mass is 213 g/mol. The number of aromatic nitrogens is 1. The van der Waals surface area contributed by atoms with E-state index in [0.717, 1.165) is 5.56 Å². The maximum absolute atomic E-state index is 12.7. The summed E-state index contributed by atoms with van der Waals surface area (Å²) in [7, 11) is 0. The summed E-state index contributed by atoms with van der Waals surface area (Å²) in [5.41, 5.74) is 7.31. The number of anilines is 1. The second-order valence-corrected chi connectivity index (χ2v) is 3.25. The summed E-state index contributed by atoms with van der Waals surface area (Å²) in [6.45, 7) is 6.92. The van der Waals surface area contributed by atoms with E-state index in [1.807, 2.05) is 0 Å². The summed E-state index contributed by atoms with van der Waals surface area (Å²) < 4.78 is 12.7. The minimum absolute atomic E-state index is 0.285. The van der Waals surface area contributed by atoms with Gasteiger partial charge in [0, 0.05) is 0 Å². The van der Waals surface area contributed by atoms with Crippen molar-refractivity contribution in [1.82, 2.24) is 4.98 Å². The summed E-state index contributed by atoms with van der Waals surface area (Å²) >= 11 is 0. The zero-order chi connectivity index (χ0) is 11.5. The number of hydrogen-bond acceptors (Lipinski definition) is 2. The van der Waals surface area contributed by atoms with Gasteiger partial charge in [-0.15, -0.1) is 0 Å². The largest absolute Gasteiger partial charge is 0.385 e. The van der Waals surface area contributed by atoms with Crippen molar-refractivity contribution in [2.45, 2.75) is 0 Å². The summed E-state index contributed by atoms with van der Waals surface area (Å²) in [5.74, 6) is -0.0223. The number of rotatable bonds is 1. The maximum Gasteiger partial charge on any atom is 0.192 e. The van der Waals surface area contributed by atoms with E-state index in [9.17, 15) is 4.39 Å². The molecule has 16 heavy (non-hydrogen) atoms. The van der Waals surface area contributed by atoms with Crippen molar-refractivity contribution in [3.8, 4) is 11.3 Å². The van der Waals surface area contributed by atoms with Crippen LogP contribution in [-0.2, 0) is 0 Å². The van der Waals surface area contributed by atoms with Crippen LogP contribution < -0.4 is 5.73 Å². The number of halogens is 1. The van der Waals surface area contributed by atoms with Gasteiger partial charge in [0.15, 0.2) is 5.69 Å². The number of pyridine rings is 1. The van der Waals surface area contributed by atoms with E-state index in [0.29, 0.717) is 11.4 Å². The fourth-order valence-electron chi connectivity index (χ4n) is 1.37.